The largest absolute Gasteiger partial charge is 0.381 e. The monoisotopic (exact) mass is 301 g/mol. The third kappa shape index (κ3) is 3.01. The van der Waals surface area contributed by atoms with Gasteiger partial charge in [-0.3, -0.25) is 4.79 Å². The molecule has 22 heavy (non-hydrogen) atoms. The van der Waals surface area contributed by atoms with Crippen LogP contribution in [0.1, 0.15) is 24.7 Å². The van der Waals surface area contributed by atoms with Gasteiger partial charge in [-0.2, -0.15) is 4.98 Å². The fourth-order valence-corrected chi connectivity index (χ4v) is 2.38. The molecule has 1 saturated heterocycles. The van der Waals surface area contributed by atoms with Crippen molar-refractivity contribution in [2.24, 2.45) is 5.92 Å². The Morgan fingerprint density at radius 1 is 1.45 bits per heavy atom. The molecule has 1 N–H and O–H groups in total. The van der Waals surface area contributed by atoms with Crippen molar-refractivity contribution in [3.63, 3.8) is 0 Å². The summed E-state index contributed by atoms with van der Waals surface area (Å²) in [6.07, 6.45) is 1.49. The normalized spacial score (nSPS) is 17.6. The summed E-state index contributed by atoms with van der Waals surface area (Å²) in [5.74, 6) is 1.07. The van der Waals surface area contributed by atoms with Gasteiger partial charge in [-0.25, -0.2) is 0 Å². The van der Waals surface area contributed by atoms with Crippen molar-refractivity contribution in [2.45, 2.75) is 26.7 Å². The third-order valence-electron chi connectivity index (χ3n) is 3.83. The average molecular weight is 301 g/mol. The Morgan fingerprint density at radius 2 is 2.32 bits per heavy atom. The van der Waals surface area contributed by atoms with Crippen LogP contribution >= 0.6 is 0 Å². The predicted octanol–water partition coefficient (Wildman–Crippen LogP) is 2.58. The van der Waals surface area contributed by atoms with E-state index in [1.54, 1.807) is 0 Å². The molecule has 0 radical (unpaired) electrons. The van der Waals surface area contributed by atoms with Crippen LogP contribution in [-0.2, 0) is 16.0 Å². The van der Waals surface area contributed by atoms with Crippen molar-refractivity contribution < 1.29 is 14.1 Å². The van der Waals surface area contributed by atoms with Gasteiger partial charge in [-0.15, -0.1) is 0 Å². The number of hydrogen-bond acceptors (Lipinski definition) is 5. The van der Waals surface area contributed by atoms with Crippen LogP contribution in [0.2, 0.25) is 0 Å². The molecule has 0 saturated carbocycles. The van der Waals surface area contributed by atoms with Crippen LogP contribution in [-0.4, -0.2) is 29.3 Å². The van der Waals surface area contributed by atoms with E-state index in [-0.39, 0.29) is 11.8 Å². The molecule has 0 spiro atoms. The van der Waals surface area contributed by atoms with E-state index in [0.29, 0.717) is 24.9 Å². The number of nitrogens with zero attached hydrogens (tertiary/aromatic N) is 2. The van der Waals surface area contributed by atoms with Crippen LogP contribution < -0.4 is 5.32 Å². The first-order valence-corrected chi connectivity index (χ1v) is 7.49. The van der Waals surface area contributed by atoms with Gasteiger partial charge in [0.15, 0.2) is 5.82 Å². The molecule has 3 rings (SSSR count). The van der Waals surface area contributed by atoms with Crippen molar-refractivity contribution in [2.75, 3.05) is 18.5 Å². The first-order valence-electron chi connectivity index (χ1n) is 7.49. The second-order valence-electron chi connectivity index (χ2n) is 5.45. The molecule has 0 aliphatic carbocycles. The standard InChI is InChI=1S/C16H19N3O3/c1-3-14-18-16(22-19-14)11-5-4-10(2)13(8-11)17-15(20)12-6-7-21-9-12/h4-5,8,12H,3,6-7,9H2,1-2H3,(H,17,20)/t12-/m0/s1. The van der Waals surface area contributed by atoms with E-state index in [9.17, 15) is 4.79 Å². The number of aromatic nitrogens is 2. The topological polar surface area (TPSA) is 77.2 Å². The minimum atomic E-state index is -0.0712. The van der Waals surface area contributed by atoms with Gasteiger partial charge in [0.1, 0.15) is 0 Å². The lowest BCUT2D eigenvalue weighted by molar-refractivity contribution is -0.119. The predicted molar refractivity (Wildman–Crippen MR) is 81.4 cm³/mol. The van der Waals surface area contributed by atoms with E-state index in [1.807, 2.05) is 32.0 Å². The summed E-state index contributed by atoms with van der Waals surface area (Å²) in [5.41, 5.74) is 2.56. The SMILES string of the molecule is CCc1noc(-c2ccc(C)c(NC(=O)[C@H]3CCOC3)c2)n1. The highest BCUT2D eigenvalue weighted by Gasteiger charge is 2.24. The molecule has 6 nitrogen and oxygen atoms in total. The Bertz CT molecular complexity index is 675. The number of amides is 1. The van der Waals surface area contributed by atoms with E-state index >= 15 is 0 Å². The van der Waals surface area contributed by atoms with Crippen molar-refractivity contribution in [1.29, 1.82) is 0 Å². The number of hydrogen-bond donors (Lipinski definition) is 1. The smallest absolute Gasteiger partial charge is 0.257 e. The molecule has 1 aromatic carbocycles. The summed E-state index contributed by atoms with van der Waals surface area (Å²) in [4.78, 5) is 16.5. The number of carbonyl (C=O) groups excluding carboxylic acids is 1. The summed E-state index contributed by atoms with van der Waals surface area (Å²) in [5, 5.41) is 6.87. The van der Waals surface area contributed by atoms with Crippen molar-refractivity contribution in [3.05, 3.63) is 29.6 Å². The first kappa shape index (κ1) is 14.7. The summed E-state index contributed by atoms with van der Waals surface area (Å²) in [6, 6.07) is 5.72. The van der Waals surface area contributed by atoms with E-state index in [0.717, 1.165) is 29.7 Å². The minimum absolute atomic E-state index is 0.00229. The Hall–Kier alpha value is -2.21. The molecule has 1 aliphatic rings. The molecule has 0 unspecified atom stereocenters. The van der Waals surface area contributed by atoms with Gasteiger partial charge in [-0.05, 0) is 31.0 Å². The lowest BCUT2D eigenvalue weighted by Crippen LogP contribution is -2.23. The van der Waals surface area contributed by atoms with Crippen LogP contribution in [0.3, 0.4) is 0 Å². The maximum absolute atomic E-state index is 12.2. The number of anilines is 1. The molecular formula is C16H19N3O3. The third-order valence-corrected chi connectivity index (χ3v) is 3.83. The molecule has 0 bridgehead atoms. The Balaban J connectivity index is 1.81. The molecule has 116 valence electrons. The second kappa shape index (κ2) is 6.27. The van der Waals surface area contributed by atoms with Gasteiger partial charge in [0.05, 0.1) is 12.5 Å². The van der Waals surface area contributed by atoms with Crippen LogP contribution in [0.15, 0.2) is 22.7 Å². The van der Waals surface area contributed by atoms with Crippen LogP contribution in [0.5, 0.6) is 0 Å². The molecule has 2 aromatic rings. The highest BCUT2D eigenvalue weighted by Crippen LogP contribution is 2.25. The lowest BCUT2D eigenvalue weighted by atomic mass is 10.1. The summed E-state index contributed by atoms with van der Waals surface area (Å²) < 4.78 is 10.5. The van der Waals surface area contributed by atoms with E-state index in [2.05, 4.69) is 15.5 Å². The van der Waals surface area contributed by atoms with Crippen molar-refractivity contribution in [1.82, 2.24) is 10.1 Å². The maximum atomic E-state index is 12.2. The zero-order chi connectivity index (χ0) is 15.5. The quantitative estimate of drug-likeness (QED) is 0.939. The second-order valence-corrected chi connectivity index (χ2v) is 5.45. The maximum Gasteiger partial charge on any atom is 0.257 e. The molecule has 1 fully saturated rings. The number of aryl methyl sites for hydroxylation is 2. The molecule has 1 atom stereocenters. The number of nitrogens with one attached hydrogen (secondary N) is 1. The van der Waals surface area contributed by atoms with Crippen LogP contribution in [0, 0.1) is 12.8 Å². The van der Waals surface area contributed by atoms with E-state index in [1.165, 1.54) is 0 Å². The molecule has 6 heteroatoms. The molecule has 1 aliphatic heterocycles. The molecular weight excluding hydrogens is 282 g/mol. The van der Waals surface area contributed by atoms with Gasteiger partial charge in [0.25, 0.3) is 5.89 Å². The van der Waals surface area contributed by atoms with Gasteiger partial charge in [-0.1, -0.05) is 18.1 Å². The number of ether oxygens (including phenoxy) is 1. The van der Waals surface area contributed by atoms with E-state index < -0.39 is 0 Å². The average Bonchev–Trinajstić information content (AvgIpc) is 3.20. The zero-order valence-electron chi connectivity index (χ0n) is 12.8. The number of rotatable bonds is 4. The molecule has 1 aromatic heterocycles. The van der Waals surface area contributed by atoms with Crippen molar-refractivity contribution in [3.8, 4) is 11.5 Å². The van der Waals surface area contributed by atoms with Gasteiger partial charge in [0.2, 0.25) is 5.91 Å². The Labute approximate surface area is 128 Å². The highest BCUT2D eigenvalue weighted by molar-refractivity contribution is 5.94. The van der Waals surface area contributed by atoms with E-state index in [4.69, 9.17) is 9.26 Å². The fraction of sp³-hybridized carbons (Fsp3) is 0.438. The summed E-state index contributed by atoms with van der Waals surface area (Å²) >= 11 is 0. The van der Waals surface area contributed by atoms with Crippen molar-refractivity contribution >= 4 is 11.6 Å². The van der Waals surface area contributed by atoms with Gasteiger partial charge < -0.3 is 14.6 Å². The summed E-state index contributed by atoms with van der Waals surface area (Å²) in [6.45, 7) is 5.07. The summed E-state index contributed by atoms with van der Waals surface area (Å²) in [7, 11) is 0. The van der Waals surface area contributed by atoms with Crippen LogP contribution in [0.25, 0.3) is 11.5 Å². The highest BCUT2D eigenvalue weighted by atomic mass is 16.5. The molecule has 2 heterocycles. The van der Waals surface area contributed by atoms with Crippen LogP contribution in [0.4, 0.5) is 5.69 Å². The minimum Gasteiger partial charge on any atom is -0.381 e. The lowest BCUT2D eigenvalue weighted by Gasteiger charge is -2.12. The Morgan fingerprint density at radius 3 is 3.00 bits per heavy atom. The first-order chi connectivity index (χ1) is 10.7. The van der Waals surface area contributed by atoms with Gasteiger partial charge >= 0.3 is 0 Å². The number of carbonyl (C=O) groups is 1. The fourth-order valence-electron chi connectivity index (χ4n) is 2.38. The number of benzene rings is 1. The Kier molecular flexibility index (Phi) is 4.20. The zero-order valence-corrected chi connectivity index (χ0v) is 12.8. The molecule has 1 amide bonds. The van der Waals surface area contributed by atoms with Gasteiger partial charge in [0, 0.05) is 24.3 Å².